The Balaban J connectivity index is 2.70. The molecular formula is C7H9N3O4S2. The summed E-state index contributed by atoms with van der Waals surface area (Å²) in [5.74, 6) is 0. The third-order valence-electron chi connectivity index (χ3n) is 2.11. The van der Waals surface area contributed by atoms with E-state index in [2.05, 4.69) is 10.0 Å². The lowest BCUT2D eigenvalue weighted by atomic mass is 10.3. The molecule has 0 unspecified atom stereocenters. The van der Waals surface area contributed by atoms with Gasteiger partial charge in [0.05, 0.1) is 17.3 Å². The van der Waals surface area contributed by atoms with E-state index in [0.717, 1.165) is 6.07 Å². The maximum Gasteiger partial charge on any atom is 0.244 e. The van der Waals surface area contributed by atoms with Gasteiger partial charge < -0.3 is 5.32 Å². The second kappa shape index (κ2) is 3.42. The predicted octanol–water partition coefficient (Wildman–Crippen LogP) is -1.00. The van der Waals surface area contributed by atoms with Crippen LogP contribution in [0.25, 0.3) is 0 Å². The van der Waals surface area contributed by atoms with Crippen LogP contribution in [-0.2, 0) is 20.0 Å². The fourth-order valence-corrected chi connectivity index (χ4v) is 3.10. The summed E-state index contributed by atoms with van der Waals surface area (Å²) in [4.78, 5) is -0.356. The third kappa shape index (κ3) is 1.89. The van der Waals surface area contributed by atoms with Crippen LogP contribution in [0.3, 0.4) is 0 Å². The van der Waals surface area contributed by atoms with Gasteiger partial charge in [-0.2, -0.15) is 4.72 Å². The highest BCUT2D eigenvalue weighted by Crippen LogP contribution is 2.26. The number of anilines is 1. The third-order valence-corrected chi connectivity index (χ3v) is 4.46. The van der Waals surface area contributed by atoms with Crippen LogP contribution >= 0.6 is 0 Å². The number of rotatable bonds is 1. The molecule has 0 aliphatic carbocycles. The van der Waals surface area contributed by atoms with Crippen LogP contribution < -0.4 is 15.2 Å². The van der Waals surface area contributed by atoms with Crippen LogP contribution in [0.15, 0.2) is 28.0 Å². The Bertz CT molecular complexity index is 636. The average Bonchev–Trinajstić information content (AvgIpc) is 2.15. The van der Waals surface area contributed by atoms with Crippen molar-refractivity contribution in [2.45, 2.75) is 9.79 Å². The lowest BCUT2D eigenvalue weighted by Gasteiger charge is -2.19. The highest BCUT2D eigenvalue weighted by atomic mass is 32.2. The number of primary sulfonamides is 1. The molecule has 0 fully saturated rings. The molecule has 0 radical (unpaired) electrons. The average molecular weight is 263 g/mol. The number of sulfonamides is 2. The van der Waals surface area contributed by atoms with Crippen molar-refractivity contribution in [1.82, 2.24) is 4.72 Å². The SMILES string of the molecule is NS(=O)(=O)c1ccc2c(c1)S(=O)(=O)NCN2. The summed E-state index contributed by atoms with van der Waals surface area (Å²) in [5.41, 5.74) is 0.353. The van der Waals surface area contributed by atoms with E-state index < -0.39 is 20.0 Å². The number of nitrogens with one attached hydrogen (secondary N) is 2. The second-order valence-corrected chi connectivity index (χ2v) is 6.50. The van der Waals surface area contributed by atoms with Crippen molar-refractivity contribution in [3.05, 3.63) is 18.2 Å². The molecule has 4 N–H and O–H groups in total. The fraction of sp³-hybridized carbons (Fsp3) is 0.143. The molecule has 0 saturated carbocycles. The number of hydrogen-bond donors (Lipinski definition) is 3. The molecule has 16 heavy (non-hydrogen) atoms. The lowest BCUT2D eigenvalue weighted by Crippen LogP contribution is -2.34. The Morgan fingerprint density at radius 3 is 2.62 bits per heavy atom. The maximum absolute atomic E-state index is 11.6. The van der Waals surface area contributed by atoms with Gasteiger partial charge in [0.2, 0.25) is 20.0 Å². The van der Waals surface area contributed by atoms with Gasteiger partial charge in [0.1, 0.15) is 4.90 Å². The molecule has 1 heterocycles. The largest absolute Gasteiger partial charge is 0.370 e. The number of hydrogen-bond acceptors (Lipinski definition) is 5. The first-order chi connectivity index (χ1) is 7.31. The van der Waals surface area contributed by atoms with Crippen molar-refractivity contribution in [3.63, 3.8) is 0 Å². The van der Waals surface area contributed by atoms with Crippen molar-refractivity contribution in [2.75, 3.05) is 12.0 Å². The molecule has 9 heteroatoms. The van der Waals surface area contributed by atoms with Gasteiger partial charge in [-0.05, 0) is 18.2 Å². The normalized spacial score (nSPS) is 18.6. The summed E-state index contributed by atoms with van der Waals surface area (Å²) >= 11 is 0. The Labute approximate surface area is 92.8 Å². The zero-order valence-corrected chi connectivity index (χ0v) is 9.60. The summed E-state index contributed by atoms with van der Waals surface area (Å²) in [6.07, 6.45) is 0. The Morgan fingerprint density at radius 1 is 1.31 bits per heavy atom. The molecule has 2 rings (SSSR count). The van der Waals surface area contributed by atoms with Gasteiger partial charge in [-0.25, -0.2) is 22.0 Å². The Hall–Kier alpha value is -1.16. The lowest BCUT2D eigenvalue weighted by molar-refractivity contribution is 0.581. The molecular weight excluding hydrogens is 254 g/mol. The van der Waals surface area contributed by atoms with Crippen molar-refractivity contribution < 1.29 is 16.8 Å². The van der Waals surface area contributed by atoms with E-state index in [9.17, 15) is 16.8 Å². The van der Waals surface area contributed by atoms with Gasteiger partial charge in [0.25, 0.3) is 0 Å². The van der Waals surface area contributed by atoms with Gasteiger partial charge in [-0.1, -0.05) is 0 Å². The first-order valence-electron chi connectivity index (χ1n) is 4.21. The van der Waals surface area contributed by atoms with Crippen LogP contribution in [0.5, 0.6) is 0 Å². The molecule has 0 spiro atoms. The molecule has 0 aromatic heterocycles. The van der Waals surface area contributed by atoms with E-state index in [1.807, 2.05) is 0 Å². The maximum atomic E-state index is 11.6. The van der Waals surface area contributed by atoms with Crippen molar-refractivity contribution in [1.29, 1.82) is 0 Å². The van der Waals surface area contributed by atoms with E-state index in [-0.39, 0.29) is 16.5 Å². The Kier molecular flexibility index (Phi) is 2.42. The highest BCUT2D eigenvalue weighted by molar-refractivity contribution is 7.90. The minimum absolute atomic E-state index is 0.0735. The molecule has 0 bridgehead atoms. The van der Waals surface area contributed by atoms with E-state index in [4.69, 9.17) is 5.14 Å². The number of benzene rings is 1. The van der Waals surface area contributed by atoms with Gasteiger partial charge in [-0.15, -0.1) is 0 Å². The van der Waals surface area contributed by atoms with Crippen LogP contribution in [0, 0.1) is 0 Å². The summed E-state index contributed by atoms with van der Waals surface area (Å²) in [5, 5.41) is 7.69. The smallest absolute Gasteiger partial charge is 0.244 e. The van der Waals surface area contributed by atoms with Crippen molar-refractivity contribution in [2.24, 2.45) is 5.14 Å². The minimum Gasteiger partial charge on any atom is -0.370 e. The van der Waals surface area contributed by atoms with E-state index in [1.54, 1.807) is 0 Å². The summed E-state index contributed by atoms with van der Waals surface area (Å²) in [6, 6.07) is 3.65. The number of fused-ring (bicyclic) bond motifs is 1. The van der Waals surface area contributed by atoms with Crippen LogP contribution in [0.2, 0.25) is 0 Å². The molecule has 7 nitrogen and oxygen atoms in total. The monoisotopic (exact) mass is 263 g/mol. The van der Waals surface area contributed by atoms with Gasteiger partial charge in [0.15, 0.2) is 0 Å². The molecule has 1 aliphatic rings. The molecule has 1 aromatic rings. The van der Waals surface area contributed by atoms with Gasteiger partial charge >= 0.3 is 0 Å². The topological polar surface area (TPSA) is 118 Å². The molecule has 1 aromatic carbocycles. The Morgan fingerprint density at radius 2 is 2.00 bits per heavy atom. The molecule has 1 aliphatic heterocycles. The van der Waals surface area contributed by atoms with Crippen molar-refractivity contribution in [3.8, 4) is 0 Å². The molecule has 88 valence electrons. The summed E-state index contributed by atoms with van der Waals surface area (Å²) < 4.78 is 47.5. The summed E-state index contributed by atoms with van der Waals surface area (Å²) in [6.45, 7) is 0.0735. The highest BCUT2D eigenvalue weighted by Gasteiger charge is 2.24. The minimum atomic E-state index is -3.91. The van der Waals surface area contributed by atoms with Crippen LogP contribution in [0.1, 0.15) is 0 Å². The zero-order chi connectivity index (χ0) is 12.0. The second-order valence-electron chi connectivity index (χ2n) is 3.20. The van der Waals surface area contributed by atoms with Crippen LogP contribution in [0.4, 0.5) is 5.69 Å². The van der Waals surface area contributed by atoms with E-state index in [1.165, 1.54) is 12.1 Å². The summed E-state index contributed by atoms with van der Waals surface area (Å²) in [7, 11) is -7.56. The van der Waals surface area contributed by atoms with Crippen LogP contribution in [-0.4, -0.2) is 23.5 Å². The zero-order valence-electron chi connectivity index (χ0n) is 7.97. The van der Waals surface area contributed by atoms with Crippen molar-refractivity contribution >= 4 is 25.7 Å². The van der Waals surface area contributed by atoms with E-state index in [0.29, 0.717) is 5.69 Å². The fourth-order valence-electron chi connectivity index (χ4n) is 1.35. The standard InChI is InChI=1S/C7H9N3O4S2/c8-15(11,12)5-1-2-6-7(3-5)16(13,14)10-4-9-6/h1-3,9-10H,4H2,(H2,8,11,12). The number of nitrogens with two attached hydrogens (primary N) is 1. The first-order valence-corrected chi connectivity index (χ1v) is 7.24. The molecule has 0 atom stereocenters. The quantitative estimate of drug-likeness (QED) is 0.600. The molecule has 0 saturated heterocycles. The van der Waals surface area contributed by atoms with Gasteiger partial charge in [0, 0.05) is 0 Å². The first kappa shape index (κ1) is 11.3. The van der Waals surface area contributed by atoms with Gasteiger partial charge in [-0.3, -0.25) is 0 Å². The predicted molar refractivity (Wildman–Crippen MR) is 56.6 cm³/mol. The van der Waals surface area contributed by atoms with E-state index >= 15 is 0 Å². The molecule has 0 amide bonds.